The summed E-state index contributed by atoms with van der Waals surface area (Å²) in [5, 5.41) is 8.19. The topological polar surface area (TPSA) is 54.4 Å². The number of carbonyl (C=O) groups is 2. The van der Waals surface area contributed by atoms with Crippen LogP contribution in [-0.2, 0) is 9.59 Å². The summed E-state index contributed by atoms with van der Waals surface area (Å²) in [6, 6.07) is 0. The van der Waals surface area contributed by atoms with Crippen LogP contribution in [0.15, 0.2) is 24.3 Å². The molecule has 0 aliphatic heterocycles. The van der Waals surface area contributed by atoms with E-state index in [4.69, 9.17) is 5.11 Å². The Kier molecular flexibility index (Phi) is 12.2. The minimum Gasteiger partial charge on any atom is -0.481 e. The second-order valence-electron chi connectivity index (χ2n) is 7.44. The van der Waals surface area contributed by atoms with Crippen LogP contribution in [0, 0.1) is 11.3 Å². The summed E-state index contributed by atoms with van der Waals surface area (Å²) in [5.41, 5.74) is 0.424. The number of unbranched alkanes of at least 4 members (excludes halogenated alkanes) is 1. The highest BCUT2D eigenvalue weighted by Crippen LogP contribution is 2.28. The van der Waals surface area contributed by atoms with E-state index in [1.165, 1.54) is 12.8 Å². The Hall–Kier alpha value is -1.38. The summed E-state index contributed by atoms with van der Waals surface area (Å²) in [6.07, 6.45) is 16.7. The number of allylic oxidation sites excluding steroid dienone is 4. The number of carboxylic acids is 1. The molecule has 0 aromatic rings. The van der Waals surface area contributed by atoms with Crippen molar-refractivity contribution in [1.82, 2.24) is 0 Å². The standard InChI is InChI=1S/C14H24O.C7H12O2/c1-4-9-14(2,3)10-5-6-12-7-8-13(15)11-12;1-2-3-4-5-6-7(8)9/h5-6,12H,4,7-11H2,1-3H3;2-3H,4-6H2,1H3,(H,8,9)/b6-5+;3-2-. The van der Waals surface area contributed by atoms with E-state index >= 15 is 0 Å². The zero-order chi connectivity index (χ0) is 18.4. The highest BCUT2D eigenvalue weighted by atomic mass is 16.4. The van der Waals surface area contributed by atoms with Crippen molar-refractivity contribution in [2.75, 3.05) is 0 Å². The fraction of sp³-hybridized carbons (Fsp3) is 0.714. The Labute approximate surface area is 148 Å². The summed E-state index contributed by atoms with van der Waals surface area (Å²) in [7, 11) is 0. The van der Waals surface area contributed by atoms with Crippen LogP contribution in [0.1, 0.15) is 85.5 Å². The van der Waals surface area contributed by atoms with E-state index in [0.29, 0.717) is 17.1 Å². The van der Waals surface area contributed by atoms with Crippen molar-refractivity contribution in [2.24, 2.45) is 11.3 Å². The Morgan fingerprint density at radius 3 is 2.54 bits per heavy atom. The lowest BCUT2D eigenvalue weighted by Gasteiger charge is -2.21. The van der Waals surface area contributed by atoms with Crippen LogP contribution < -0.4 is 0 Å². The van der Waals surface area contributed by atoms with Crippen LogP contribution >= 0.6 is 0 Å². The van der Waals surface area contributed by atoms with E-state index in [1.54, 1.807) is 0 Å². The number of carboxylic acid groups (broad SMARTS) is 1. The molecule has 1 unspecified atom stereocenters. The van der Waals surface area contributed by atoms with Crippen molar-refractivity contribution in [1.29, 1.82) is 0 Å². The predicted octanol–water partition coefficient (Wildman–Crippen LogP) is 5.95. The number of ketones is 1. The molecule has 3 nitrogen and oxygen atoms in total. The number of aliphatic carboxylic acids is 1. The third-order valence-electron chi connectivity index (χ3n) is 4.29. The Morgan fingerprint density at radius 2 is 2.04 bits per heavy atom. The number of Topliss-reactive ketones (excluding diaryl/α,β-unsaturated/α-hetero) is 1. The lowest BCUT2D eigenvalue weighted by Crippen LogP contribution is -2.09. The van der Waals surface area contributed by atoms with Gasteiger partial charge in [-0.1, -0.05) is 51.5 Å². The third-order valence-corrected chi connectivity index (χ3v) is 4.29. The maximum absolute atomic E-state index is 11.1. The van der Waals surface area contributed by atoms with Gasteiger partial charge < -0.3 is 5.11 Å². The Morgan fingerprint density at radius 1 is 1.33 bits per heavy atom. The van der Waals surface area contributed by atoms with Gasteiger partial charge in [-0.25, -0.2) is 0 Å². The van der Waals surface area contributed by atoms with E-state index in [2.05, 4.69) is 32.9 Å². The van der Waals surface area contributed by atoms with Crippen LogP contribution in [0.25, 0.3) is 0 Å². The van der Waals surface area contributed by atoms with Gasteiger partial charge in [0, 0.05) is 19.3 Å². The lowest BCUT2D eigenvalue weighted by molar-refractivity contribution is -0.137. The van der Waals surface area contributed by atoms with Crippen LogP contribution in [-0.4, -0.2) is 16.9 Å². The van der Waals surface area contributed by atoms with Gasteiger partial charge in [0.1, 0.15) is 5.78 Å². The molecule has 0 radical (unpaired) electrons. The predicted molar refractivity (Wildman–Crippen MR) is 101 cm³/mol. The molecule has 1 rings (SSSR count). The lowest BCUT2D eigenvalue weighted by atomic mass is 9.84. The van der Waals surface area contributed by atoms with Gasteiger partial charge in [-0.05, 0) is 50.4 Å². The second-order valence-corrected chi connectivity index (χ2v) is 7.44. The molecule has 3 heteroatoms. The van der Waals surface area contributed by atoms with E-state index < -0.39 is 5.97 Å². The first-order valence-corrected chi connectivity index (χ1v) is 9.32. The monoisotopic (exact) mass is 336 g/mol. The largest absolute Gasteiger partial charge is 0.481 e. The summed E-state index contributed by atoms with van der Waals surface area (Å²) < 4.78 is 0. The molecule has 24 heavy (non-hydrogen) atoms. The highest BCUT2D eigenvalue weighted by molar-refractivity contribution is 5.80. The first kappa shape index (κ1) is 22.6. The summed E-state index contributed by atoms with van der Waals surface area (Å²) in [6.45, 7) is 8.81. The van der Waals surface area contributed by atoms with Gasteiger partial charge in [0.25, 0.3) is 0 Å². The van der Waals surface area contributed by atoms with Gasteiger partial charge >= 0.3 is 5.97 Å². The number of hydrogen-bond acceptors (Lipinski definition) is 2. The summed E-state index contributed by atoms with van der Waals surface area (Å²) in [5.74, 6) is 0.270. The normalized spacial score (nSPS) is 18.2. The molecule has 0 spiro atoms. The number of hydrogen-bond donors (Lipinski definition) is 1. The molecule has 0 bridgehead atoms. The van der Waals surface area contributed by atoms with E-state index in [9.17, 15) is 9.59 Å². The number of carbonyl (C=O) groups excluding carboxylic acids is 1. The zero-order valence-electron chi connectivity index (χ0n) is 16.0. The molecule has 138 valence electrons. The van der Waals surface area contributed by atoms with Crippen LogP contribution in [0.3, 0.4) is 0 Å². The van der Waals surface area contributed by atoms with Gasteiger partial charge in [-0.15, -0.1) is 0 Å². The third kappa shape index (κ3) is 13.1. The van der Waals surface area contributed by atoms with Gasteiger partial charge in [0.2, 0.25) is 0 Å². The van der Waals surface area contributed by atoms with Crippen LogP contribution in [0.5, 0.6) is 0 Å². The van der Waals surface area contributed by atoms with E-state index in [0.717, 1.165) is 38.5 Å². The average Bonchev–Trinajstić information content (AvgIpc) is 2.89. The first-order valence-electron chi connectivity index (χ1n) is 9.32. The summed E-state index contributed by atoms with van der Waals surface area (Å²) >= 11 is 0. The quantitative estimate of drug-likeness (QED) is 0.418. The highest BCUT2D eigenvalue weighted by Gasteiger charge is 2.20. The zero-order valence-corrected chi connectivity index (χ0v) is 16.0. The Balaban J connectivity index is 0.000000506. The Bertz CT molecular complexity index is 419. The molecule has 0 amide bonds. The molecule has 0 heterocycles. The van der Waals surface area contributed by atoms with Gasteiger partial charge in [0.15, 0.2) is 0 Å². The smallest absolute Gasteiger partial charge is 0.303 e. The molecular weight excluding hydrogens is 300 g/mol. The number of rotatable bonds is 9. The maximum Gasteiger partial charge on any atom is 0.303 e. The molecule has 0 saturated heterocycles. The van der Waals surface area contributed by atoms with E-state index in [1.807, 2.05) is 19.1 Å². The van der Waals surface area contributed by atoms with Gasteiger partial charge in [-0.2, -0.15) is 0 Å². The minimum absolute atomic E-state index is 0.282. The molecule has 1 fully saturated rings. The van der Waals surface area contributed by atoms with Crippen molar-refractivity contribution in [3.05, 3.63) is 24.3 Å². The van der Waals surface area contributed by atoms with Crippen molar-refractivity contribution in [3.8, 4) is 0 Å². The molecule has 1 saturated carbocycles. The van der Waals surface area contributed by atoms with Crippen molar-refractivity contribution in [3.63, 3.8) is 0 Å². The van der Waals surface area contributed by atoms with Crippen LogP contribution in [0.4, 0.5) is 0 Å². The van der Waals surface area contributed by atoms with Crippen molar-refractivity contribution < 1.29 is 14.7 Å². The molecule has 1 aliphatic rings. The van der Waals surface area contributed by atoms with Gasteiger partial charge in [0.05, 0.1) is 0 Å². The maximum atomic E-state index is 11.1. The minimum atomic E-state index is -0.709. The van der Waals surface area contributed by atoms with Gasteiger partial charge in [-0.3, -0.25) is 9.59 Å². The SMILES string of the molecule is C/C=C\CCCC(=O)O.CCCC(C)(C)C/C=C/C1CCC(=O)C1. The molecule has 1 aliphatic carbocycles. The first-order chi connectivity index (χ1) is 11.3. The molecular formula is C21H36O3. The summed E-state index contributed by atoms with van der Waals surface area (Å²) in [4.78, 5) is 21.0. The second kappa shape index (κ2) is 13.0. The van der Waals surface area contributed by atoms with E-state index in [-0.39, 0.29) is 6.42 Å². The molecule has 0 aromatic heterocycles. The fourth-order valence-electron chi connectivity index (χ4n) is 2.90. The molecule has 1 N–H and O–H groups in total. The van der Waals surface area contributed by atoms with Crippen LogP contribution in [0.2, 0.25) is 0 Å². The fourth-order valence-corrected chi connectivity index (χ4v) is 2.90. The average molecular weight is 337 g/mol. The molecule has 0 aromatic carbocycles. The van der Waals surface area contributed by atoms with Crippen molar-refractivity contribution >= 4 is 11.8 Å². The van der Waals surface area contributed by atoms with Crippen molar-refractivity contribution in [2.45, 2.75) is 85.5 Å². The molecule has 1 atom stereocenters.